The Bertz CT molecular complexity index is 1420. The molecule has 2 heterocycles. The van der Waals surface area contributed by atoms with E-state index in [1.165, 1.54) is 11.4 Å². The normalized spacial score (nSPS) is 28.1. The molecule has 1 saturated carbocycles. The van der Waals surface area contributed by atoms with Crippen LogP contribution >= 0.6 is 0 Å². The van der Waals surface area contributed by atoms with Crippen molar-refractivity contribution in [1.82, 2.24) is 14.5 Å². The summed E-state index contributed by atoms with van der Waals surface area (Å²) in [7, 11) is -2.30. The second-order valence-corrected chi connectivity index (χ2v) is 11.7. The lowest BCUT2D eigenvalue weighted by Gasteiger charge is -2.44. The van der Waals surface area contributed by atoms with Gasteiger partial charge in [-0.3, -0.25) is 0 Å². The van der Waals surface area contributed by atoms with Gasteiger partial charge in [0.25, 0.3) is 0 Å². The molecule has 1 aliphatic carbocycles. The van der Waals surface area contributed by atoms with Crippen LogP contribution in [0.15, 0.2) is 51.7 Å². The van der Waals surface area contributed by atoms with Crippen molar-refractivity contribution < 1.29 is 26.4 Å². The summed E-state index contributed by atoms with van der Waals surface area (Å²) in [5.74, 6) is -2.30. The number of aromatic amines is 1. The molecule has 0 amide bonds. The molecule has 2 fully saturated rings. The van der Waals surface area contributed by atoms with Gasteiger partial charge in [-0.2, -0.15) is 4.31 Å². The number of hydrogen-bond acceptors (Lipinski definition) is 6. The minimum Gasteiger partial charge on any atom is -0.391 e. The smallest absolute Gasteiger partial charge is 0.391 e. The summed E-state index contributed by atoms with van der Waals surface area (Å²) in [4.78, 5) is 11.6. The Labute approximate surface area is 207 Å². The molecular formula is C25H27F2N3O5S. The molecule has 1 saturated heterocycles. The highest BCUT2D eigenvalue weighted by Gasteiger charge is 2.53. The Morgan fingerprint density at radius 3 is 2.53 bits per heavy atom. The average Bonchev–Trinajstić information content (AvgIpc) is 3.25. The number of rotatable bonds is 6. The van der Waals surface area contributed by atoms with Gasteiger partial charge in [-0.1, -0.05) is 30.3 Å². The van der Waals surface area contributed by atoms with E-state index in [9.17, 15) is 13.2 Å². The predicted molar refractivity (Wildman–Crippen MR) is 127 cm³/mol. The third-order valence-corrected chi connectivity index (χ3v) is 9.88. The number of benzene rings is 2. The van der Waals surface area contributed by atoms with E-state index in [-0.39, 0.29) is 48.5 Å². The topological polar surface area (TPSA) is 106 Å². The fourth-order valence-electron chi connectivity index (χ4n) is 5.42. The highest BCUT2D eigenvalue weighted by Crippen LogP contribution is 2.50. The van der Waals surface area contributed by atoms with E-state index in [2.05, 4.69) is 10.2 Å². The summed E-state index contributed by atoms with van der Waals surface area (Å²) < 4.78 is 69.7. The van der Waals surface area contributed by atoms with Gasteiger partial charge in [-0.15, -0.1) is 5.10 Å². The van der Waals surface area contributed by atoms with Crippen LogP contribution in [0.1, 0.15) is 60.4 Å². The maximum atomic E-state index is 15.5. The average molecular weight is 520 g/mol. The second-order valence-electron chi connectivity index (χ2n) is 9.61. The van der Waals surface area contributed by atoms with Gasteiger partial charge in [0.15, 0.2) is 0 Å². The molecule has 1 aromatic heterocycles. The van der Waals surface area contributed by atoms with Crippen molar-refractivity contribution in [3.8, 4) is 0 Å². The van der Waals surface area contributed by atoms with Gasteiger partial charge in [0.2, 0.25) is 15.9 Å². The second kappa shape index (κ2) is 9.20. The van der Waals surface area contributed by atoms with Crippen molar-refractivity contribution in [3.63, 3.8) is 0 Å². The molecule has 8 nitrogen and oxygen atoms in total. The highest BCUT2D eigenvalue weighted by molar-refractivity contribution is 7.89. The zero-order chi connectivity index (χ0) is 25.7. The number of hydrogen-bond donors (Lipinski definition) is 1. The van der Waals surface area contributed by atoms with Crippen molar-refractivity contribution in [1.29, 1.82) is 0 Å². The van der Waals surface area contributed by atoms with Crippen molar-refractivity contribution in [2.75, 3.05) is 7.11 Å². The number of nitrogens with one attached hydrogen (secondary N) is 1. The Hall–Kier alpha value is -2.89. The quantitative estimate of drug-likeness (QED) is 0.531. The third kappa shape index (κ3) is 4.08. The molecule has 0 spiro atoms. The van der Waals surface area contributed by atoms with E-state index >= 15 is 8.78 Å². The third-order valence-electron chi connectivity index (χ3n) is 7.51. The predicted octanol–water partition coefficient (Wildman–Crippen LogP) is 3.79. The maximum absolute atomic E-state index is 15.5. The van der Waals surface area contributed by atoms with E-state index in [0.717, 1.165) is 12.1 Å². The number of nitrogens with zero attached hydrogens (tertiary/aromatic N) is 2. The molecule has 2 aliphatic rings. The number of aromatic nitrogens is 2. The lowest BCUT2D eigenvalue weighted by Crippen LogP contribution is -2.47. The van der Waals surface area contributed by atoms with Gasteiger partial charge in [-0.25, -0.2) is 27.1 Å². The first kappa shape index (κ1) is 24.8. The Morgan fingerprint density at radius 2 is 1.89 bits per heavy atom. The van der Waals surface area contributed by atoms with Crippen LogP contribution in [0.3, 0.4) is 0 Å². The monoisotopic (exact) mass is 519 g/mol. The Morgan fingerprint density at radius 1 is 1.17 bits per heavy atom. The minimum absolute atomic E-state index is 0.0102. The Balaban J connectivity index is 1.48. The van der Waals surface area contributed by atoms with Crippen LogP contribution < -0.4 is 5.76 Å². The summed E-state index contributed by atoms with van der Waals surface area (Å²) in [6.07, 6.45) is 1.33. The summed E-state index contributed by atoms with van der Waals surface area (Å²) in [6.45, 7) is 1.48. The molecule has 2 aromatic carbocycles. The molecule has 2 atom stereocenters. The number of sulfonamides is 1. The van der Waals surface area contributed by atoms with E-state index < -0.39 is 38.1 Å². The van der Waals surface area contributed by atoms with E-state index in [1.54, 1.807) is 31.2 Å². The molecule has 0 unspecified atom stereocenters. The van der Waals surface area contributed by atoms with Crippen LogP contribution in [0, 0.1) is 11.6 Å². The molecule has 5 rings (SSSR count). The zero-order valence-corrected chi connectivity index (χ0v) is 20.7. The molecule has 11 heteroatoms. The first-order valence-corrected chi connectivity index (χ1v) is 13.3. The molecular weight excluding hydrogens is 492 g/mol. The molecule has 192 valence electrons. The fourth-order valence-corrected chi connectivity index (χ4v) is 7.61. The first-order valence-electron chi connectivity index (χ1n) is 11.8. The highest BCUT2D eigenvalue weighted by atomic mass is 32.2. The van der Waals surface area contributed by atoms with Gasteiger partial charge < -0.3 is 9.15 Å². The van der Waals surface area contributed by atoms with Gasteiger partial charge in [0, 0.05) is 30.8 Å². The van der Waals surface area contributed by atoms with Crippen LogP contribution in [0.2, 0.25) is 0 Å². The lowest BCUT2D eigenvalue weighted by molar-refractivity contribution is -0.0138. The zero-order valence-electron chi connectivity index (χ0n) is 19.9. The summed E-state index contributed by atoms with van der Waals surface area (Å²) in [5, 5.41) is 5.30. The van der Waals surface area contributed by atoms with E-state index in [1.807, 2.05) is 6.07 Å². The molecule has 1 N–H and O–H groups in total. The van der Waals surface area contributed by atoms with E-state index in [0.29, 0.717) is 18.4 Å². The minimum atomic E-state index is -3.81. The van der Waals surface area contributed by atoms with Crippen LogP contribution in [-0.2, 0) is 26.7 Å². The Kier molecular flexibility index (Phi) is 6.34. The van der Waals surface area contributed by atoms with Gasteiger partial charge in [0.05, 0.1) is 11.5 Å². The van der Waals surface area contributed by atoms with Gasteiger partial charge >= 0.3 is 5.76 Å². The summed E-state index contributed by atoms with van der Waals surface area (Å²) in [6, 6.07) is 10.6. The maximum Gasteiger partial charge on any atom is 0.434 e. The molecule has 0 bridgehead atoms. The largest absolute Gasteiger partial charge is 0.434 e. The van der Waals surface area contributed by atoms with Crippen LogP contribution in [0.25, 0.3) is 0 Å². The van der Waals surface area contributed by atoms with Crippen LogP contribution in [0.5, 0.6) is 0 Å². The van der Waals surface area contributed by atoms with Crippen LogP contribution in [-0.4, -0.2) is 42.2 Å². The van der Waals surface area contributed by atoms with Gasteiger partial charge in [0.1, 0.15) is 16.9 Å². The number of H-pyrrole nitrogens is 1. The fraction of sp³-hybridized carbons (Fsp3) is 0.440. The molecule has 3 aromatic rings. The lowest BCUT2D eigenvalue weighted by atomic mass is 9.62. The number of ether oxygens (including phenoxy) is 1. The van der Waals surface area contributed by atoms with Crippen LogP contribution in [0.4, 0.5) is 8.78 Å². The number of methoxy groups -OCH3 is 1. The standard InChI is InChI=1S/C25H27F2N3O5S/c1-15-8-9-22(16-6-4-3-5-7-16)36(32,33)30(15)14-17-10-21(27)19(11-20(17)26)25(12-18(13-25)34-2)23-28-29-24(31)35-23/h3-7,10-11,15,18,22H,8-9,12-14H2,1-2H3,(H,29,31)/t15-,18?,22+,25?/m0/s1. The van der Waals surface area contributed by atoms with Crippen molar-refractivity contribution in [3.05, 3.63) is 87.2 Å². The van der Waals surface area contributed by atoms with Gasteiger partial charge in [-0.05, 0) is 50.3 Å². The SMILES string of the molecule is COC1CC(c2n[nH]c(=O)o2)(c2cc(F)c(CN3[C@@H](C)CC[C@H](c4ccccc4)S3(=O)=O)cc2F)C1. The molecule has 0 radical (unpaired) electrons. The first-order chi connectivity index (χ1) is 17.2. The molecule has 1 aliphatic heterocycles. The van der Waals surface area contributed by atoms with Crippen molar-refractivity contribution in [2.45, 2.75) is 62.0 Å². The van der Waals surface area contributed by atoms with Crippen molar-refractivity contribution in [2.24, 2.45) is 0 Å². The van der Waals surface area contributed by atoms with Crippen molar-refractivity contribution >= 4 is 10.0 Å². The summed E-state index contributed by atoms with van der Waals surface area (Å²) in [5.41, 5.74) is -0.561. The summed E-state index contributed by atoms with van der Waals surface area (Å²) >= 11 is 0. The van der Waals surface area contributed by atoms with E-state index in [4.69, 9.17) is 9.15 Å². The number of halogens is 2. The molecule has 36 heavy (non-hydrogen) atoms.